The molecule has 0 unspecified atom stereocenters. The molecule has 0 aliphatic carbocycles. The van der Waals surface area contributed by atoms with Crippen molar-refractivity contribution in [3.63, 3.8) is 0 Å². The Morgan fingerprint density at radius 3 is 2.74 bits per heavy atom. The van der Waals surface area contributed by atoms with Crippen LogP contribution in [0.25, 0.3) is 0 Å². The van der Waals surface area contributed by atoms with Gasteiger partial charge in [0.15, 0.2) is 5.96 Å². The smallest absolute Gasteiger partial charge is 0.318 e. The van der Waals surface area contributed by atoms with Crippen LogP contribution in [0.2, 0.25) is 0 Å². The molecule has 1 aliphatic heterocycles. The molecule has 19 heavy (non-hydrogen) atoms. The van der Waals surface area contributed by atoms with Crippen LogP contribution in [0.5, 0.6) is 0 Å². The van der Waals surface area contributed by atoms with Gasteiger partial charge in [0.25, 0.3) is 0 Å². The van der Waals surface area contributed by atoms with Crippen molar-refractivity contribution < 1.29 is 14.4 Å². The molecule has 0 aromatic carbocycles. The molecule has 0 aromatic heterocycles. The number of nitrogens with zero attached hydrogens (tertiary/aromatic N) is 2. The zero-order chi connectivity index (χ0) is 14.4. The molecule has 7 N–H and O–H groups in total. The predicted molar refractivity (Wildman–Crippen MR) is 67.6 cm³/mol. The molecule has 1 saturated heterocycles. The minimum atomic E-state index is -0.865. The van der Waals surface area contributed by atoms with Gasteiger partial charge in [0.05, 0.1) is 6.04 Å². The van der Waals surface area contributed by atoms with Crippen molar-refractivity contribution >= 4 is 23.7 Å². The second kappa shape index (κ2) is 6.69. The summed E-state index contributed by atoms with van der Waals surface area (Å²) in [5.74, 6) is -2.23. The van der Waals surface area contributed by atoms with Crippen molar-refractivity contribution in [2.45, 2.75) is 18.9 Å². The van der Waals surface area contributed by atoms with Gasteiger partial charge in [-0.2, -0.15) is 0 Å². The maximum atomic E-state index is 11.9. The van der Waals surface area contributed by atoms with Crippen LogP contribution >= 0.6 is 0 Å². The summed E-state index contributed by atoms with van der Waals surface area (Å²) in [6.07, 6.45) is 0.847. The van der Waals surface area contributed by atoms with Crippen LogP contribution in [-0.4, -0.2) is 54.3 Å². The Morgan fingerprint density at radius 1 is 1.42 bits per heavy atom. The highest BCUT2D eigenvalue weighted by Crippen LogP contribution is 2.04. The van der Waals surface area contributed by atoms with Gasteiger partial charge in [-0.25, -0.2) is 0 Å². The van der Waals surface area contributed by atoms with E-state index in [1.807, 2.05) is 0 Å². The lowest BCUT2D eigenvalue weighted by molar-refractivity contribution is -0.155. The third-order valence-electron chi connectivity index (χ3n) is 2.61. The number of nitrogens with two attached hydrogens (primary N) is 3. The summed E-state index contributed by atoms with van der Waals surface area (Å²) in [6.45, 7) is 0.750. The molecule has 0 saturated carbocycles. The van der Waals surface area contributed by atoms with Crippen molar-refractivity contribution in [2.75, 3.05) is 19.6 Å². The molecule has 1 aliphatic rings. The summed E-state index contributed by atoms with van der Waals surface area (Å²) in [4.78, 5) is 39.1. The number of imide groups is 1. The van der Waals surface area contributed by atoms with Crippen molar-refractivity contribution in [1.82, 2.24) is 10.2 Å². The molecule has 9 heteroatoms. The van der Waals surface area contributed by atoms with E-state index in [1.165, 1.54) is 0 Å². The average molecular weight is 270 g/mol. The maximum absolute atomic E-state index is 11.9. The fourth-order valence-electron chi connectivity index (χ4n) is 1.63. The Balaban J connectivity index is 2.45. The number of nitrogens with one attached hydrogen (secondary N) is 1. The van der Waals surface area contributed by atoms with Crippen LogP contribution in [0.15, 0.2) is 4.99 Å². The minimum Gasteiger partial charge on any atom is -0.370 e. The minimum absolute atomic E-state index is 0.0252. The van der Waals surface area contributed by atoms with Gasteiger partial charge in [-0.05, 0) is 12.8 Å². The van der Waals surface area contributed by atoms with Crippen LogP contribution in [0.3, 0.4) is 0 Å². The van der Waals surface area contributed by atoms with E-state index >= 15 is 0 Å². The van der Waals surface area contributed by atoms with Gasteiger partial charge in [0.2, 0.25) is 5.91 Å². The SMILES string of the molecule is NC(N)=NCCC[C@H](N)C(=O)N1CCNC(=O)C1=O. The number of aliphatic imine (C=N–C) groups is 1. The molecule has 9 nitrogen and oxygen atoms in total. The van der Waals surface area contributed by atoms with E-state index in [2.05, 4.69) is 10.3 Å². The molecule has 1 heterocycles. The van der Waals surface area contributed by atoms with Crippen LogP contribution in [0.1, 0.15) is 12.8 Å². The second-order valence-electron chi connectivity index (χ2n) is 4.11. The summed E-state index contributed by atoms with van der Waals surface area (Å²) in [6, 6.07) is -0.843. The Morgan fingerprint density at radius 2 is 2.11 bits per heavy atom. The van der Waals surface area contributed by atoms with Crippen molar-refractivity contribution in [1.29, 1.82) is 0 Å². The van der Waals surface area contributed by atoms with E-state index in [4.69, 9.17) is 17.2 Å². The first-order valence-corrected chi connectivity index (χ1v) is 5.88. The van der Waals surface area contributed by atoms with Gasteiger partial charge in [0, 0.05) is 19.6 Å². The number of guanidine groups is 1. The third-order valence-corrected chi connectivity index (χ3v) is 2.61. The molecule has 1 rings (SSSR count). The summed E-state index contributed by atoms with van der Waals surface area (Å²) in [5, 5.41) is 2.35. The Bertz CT molecular complexity index is 404. The van der Waals surface area contributed by atoms with Crippen molar-refractivity contribution in [2.24, 2.45) is 22.2 Å². The highest BCUT2D eigenvalue weighted by Gasteiger charge is 2.33. The van der Waals surface area contributed by atoms with E-state index in [0.29, 0.717) is 19.4 Å². The summed E-state index contributed by atoms with van der Waals surface area (Å²) >= 11 is 0. The molecular formula is C10H18N6O3. The topological polar surface area (TPSA) is 157 Å². The number of carbonyl (C=O) groups excluding carboxylic acids is 3. The molecule has 0 radical (unpaired) electrons. The molecular weight excluding hydrogens is 252 g/mol. The van der Waals surface area contributed by atoms with Gasteiger partial charge < -0.3 is 22.5 Å². The number of piperazine rings is 1. The first-order chi connectivity index (χ1) is 8.93. The standard InChI is InChI=1S/C10H18N6O3/c11-6(2-1-3-15-10(12)13)8(18)16-5-4-14-7(17)9(16)19/h6H,1-5,11H2,(H,14,17)(H4,12,13,15)/t6-/m0/s1. The first-order valence-electron chi connectivity index (χ1n) is 5.88. The van der Waals surface area contributed by atoms with Gasteiger partial charge in [-0.1, -0.05) is 0 Å². The summed E-state index contributed by atoms with van der Waals surface area (Å²) < 4.78 is 0. The monoisotopic (exact) mass is 270 g/mol. The zero-order valence-electron chi connectivity index (χ0n) is 10.5. The molecule has 1 atom stereocenters. The largest absolute Gasteiger partial charge is 0.370 e. The number of amides is 3. The summed E-state index contributed by atoms with van der Waals surface area (Å²) in [7, 11) is 0. The predicted octanol–water partition coefficient (Wildman–Crippen LogP) is -3.15. The third kappa shape index (κ3) is 4.21. The molecule has 0 spiro atoms. The van der Waals surface area contributed by atoms with Gasteiger partial charge >= 0.3 is 11.8 Å². The van der Waals surface area contributed by atoms with E-state index in [0.717, 1.165) is 4.90 Å². The molecule has 0 bridgehead atoms. The van der Waals surface area contributed by atoms with Crippen LogP contribution in [-0.2, 0) is 14.4 Å². The number of carbonyl (C=O) groups is 3. The summed E-state index contributed by atoms with van der Waals surface area (Å²) in [5.41, 5.74) is 16.0. The lowest BCUT2D eigenvalue weighted by Crippen LogP contribution is -2.57. The van der Waals surface area contributed by atoms with E-state index < -0.39 is 23.8 Å². The van der Waals surface area contributed by atoms with Gasteiger partial charge in [-0.3, -0.25) is 24.3 Å². The Kier molecular flexibility index (Phi) is 5.24. The number of hydrogen-bond acceptors (Lipinski definition) is 5. The highest BCUT2D eigenvalue weighted by atomic mass is 16.2. The van der Waals surface area contributed by atoms with E-state index in [1.54, 1.807) is 0 Å². The quantitative estimate of drug-likeness (QED) is 0.179. The maximum Gasteiger partial charge on any atom is 0.318 e. The first kappa shape index (κ1) is 14.9. The zero-order valence-corrected chi connectivity index (χ0v) is 10.5. The van der Waals surface area contributed by atoms with Gasteiger partial charge in [-0.15, -0.1) is 0 Å². The molecule has 0 aromatic rings. The fraction of sp³-hybridized carbons (Fsp3) is 0.600. The lowest BCUT2D eigenvalue weighted by Gasteiger charge is -2.26. The molecule has 106 valence electrons. The van der Waals surface area contributed by atoms with Crippen LogP contribution in [0, 0.1) is 0 Å². The Hall–Kier alpha value is -2.16. The van der Waals surface area contributed by atoms with E-state index in [9.17, 15) is 14.4 Å². The Labute approximate surface area is 110 Å². The number of hydrogen-bond donors (Lipinski definition) is 4. The lowest BCUT2D eigenvalue weighted by atomic mass is 10.1. The average Bonchev–Trinajstić information content (AvgIpc) is 2.36. The normalized spacial score (nSPS) is 16.8. The van der Waals surface area contributed by atoms with Crippen LogP contribution in [0.4, 0.5) is 0 Å². The van der Waals surface area contributed by atoms with Gasteiger partial charge in [0.1, 0.15) is 0 Å². The number of rotatable bonds is 5. The molecule has 3 amide bonds. The van der Waals surface area contributed by atoms with Crippen LogP contribution < -0.4 is 22.5 Å². The van der Waals surface area contributed by atoms with E-state index in [-0.39, 0.29) is 19.0 Å². The molecule has 1 fully saturated rings. The second-order valence-corrected chi connectivity index (χ2v) is 4.11. The van der Waals surface area contributed by atoms with Crippen molar-refractivity contribution in [3.05, 3.63) is 0 Å². The highest BCUT2D eigenvalue weighted by molar-refractivity contribution is 6.38. The fourth-order valence-corrected chi connectivity index (χ4v) is 1.63. The van der Waals surface area contributed by atoms with Crippen molar-refractivity contribution in [3.8, 4) is 0 Å².